The number of carbonyl (C=O) groups is 1. The van der Waals surface area contributed by atoms with Crippen molar-refractivity contribution < 1.29 is 13.7 Å². The van der Waals surface area contributed by atoms with Gasteiger partial charge in [0.25, 0.3) is 5.91 Å². The molecular weight excluding hydrogens is 373 g/mol. The lowest BCUT2D eigenvalue weighted by Gasteiger charge is -2.36. The Balaban J connectivity index is 1.53. The zero-order valence-corrected chi connectivity index (χ0v) is 15.3. The molecule has 3 aromatic rings. The number of nitrogens with zero attached hydrogens (tertiary/aromatic N) is 4. The van der Waals surface area contributed by atoms with Crippen molar-refractivity contribution in [2.75, 3.05) is 6.54 Å². The number of carbonyl (C=O) groups excluding carboxylic acids is 1. The molecule has 7 nitrogen and oxygen atoms in total. The Kier molecular flexibility index (Phi) is 4.65. The minimum atomic E-state index is -0.612. The third-order valence-electron chi connectivity index (χ3n) is 4.80. The maximum absolute atomic E-state index is 13.0. The zero-order chi connectivity index (χ0) is 19.0. The molecule has 2 unspecified atom stereocenters. The van der Waals surface area contributed by atoms with E-state index < -0.39 is 5.95 Å². The van der Waals surface area contributed by atoms with Crippen molar-refractivity contribution in [2.24, 2.45) is 0 Å². The number of likely N-dealkylation sites (tertiary alicyclic amines) is 1. The number of pyridine rings is 1. The Hall–Kier alpha value is -2.74. The van der Waals surface area contributed by atoms with E-state index in [4.69, 9.17) is 16.1 Å². The lowest BCUT2D eigenvalue weighted by molar-refractivity contribution is 0.0593. The molecule has 140 valence electrons. The fourth-order valence-corrected chi connectivity index (χ4v) is 3.43. The monoisotopic (exact) mass is 389 g/mol. The molecule has 1 fully saturated rings. The summed E-state index contributed by atoms with van der Waals surface area (Å²) in [4.78, 5) is 25.6. The average molecular weight is 390 g/mol. The largest absolute Gasteiger partial charge is 0.357 e. The number of rotatable bonds is 3. The van der Waals surface area contributed by atoms with Crippen LogP contribution < -0.4 is 0 Å². The summed E-state index contributed by atoms with van der Waals surface area (Å²) in [6.45, 7) is 2.44. The van der Waals surface area contributed by atoms with E-state index >= 15 is 0 Å². The van der Waals surface area contributed by atoms with Gasteiger partial charge < -0.3 is 14.4 Å². The summed E-state index contributed by atoms with van der Waals surface area (Å²) in [5, 5.41) is 4.56. The van der Waals surface area contributed by atoms with Gasteiger partial charge in [-0.1, -0.05) is 16.8 Å². The predicted octanol–water partition coefficient (Wildman–Crippen LogP) is 3.66. The first-order chi connectivity index (χ1) is 13.0. The number of H-pyrrole nitrogens is 1. The molecule has 0 radical (unpaired) electrons. The quantitative estimate of drug-likeness (QED) is 0.690. The van der Waals surface area contributed by atoms with Crippen molar-refractivity contribution in [2.45, 2.75) is 31.7 Å². The minimum Gasteiger partial charge on any atom is -0.357 e. The lowest BCUT2D eigenvalue weighted by Crippen LogP contribution is -2.45. The van der Waals surface area contributed by atoms with Gasteiger partial charge >= 0.3 is 0 Å². The molecule has 27 heavy (non-hydrogen) atoms. The number of aromatic amines is 1. The molecule has 3 aromatic heterocycles. The summed E-state index contributed by atoms with van der Waals surface area (Å²) in [6.07, 6.45) is 4.54. The van der Waals surface area contributed by atoms with E-state index in [9.17, 15) is 9.18 Å². The summed E-state index contributed by atoms with van der Waals surface area (Å²) >= 11 is 5.91. The average Bonchev–Trinajstić information content (AvgIpc) is 3.31. The van der Waals surface area contributed by atoms with Crippen molar-refractivity contribution in [1.82, 2.24) is 25.0 Å². The molecule has 4 rings (SSSR count). The van der Waals surface area contributed by atoms with Gasteiger partial charge in [-0.15, -0.1) is 0 Å². The molecule has 0 bridgehead atoms. The second-order valence-corrected chi connectivity index (χ2v) is 7.07. The van der Waals surface area contributed by atoms with E-state index in [1.807, 2.05) is 6.92 Å². The van der Waals surface area contributed by atoms with E-state index in [1.165, 1.54) is 18.3 Å². The maximum Gasteiger partial charge on any atom is 0.255 e. The van der Waals surface area contributed by atoms with Gasteiger partial charge in [0.1, 0.15) is 0 Å². The third-order valence-corrected chi connectivity index (χ3v) is 5.02. The first-order valence-electron chi connectivity index (χ1n) is 8.61. The standard InChI is InChI=1S/C18H17ClFN5O2/c1-10-2-3-12(9-25(10)18(26)11-4-5-15(20)22-7-11)17-23-16(24-27-17)14-6-13(19)8-21-14/h4-8,10,12,21H,2-3,9H2,1H3. The van der Waals surface area contributed by atoms with E-state index in [0.717, 1.165) is 12.8 Å². The fraction of sp³-hybridized carbons (Fsp3) is 0.333. The molecule has 1 amide bonds. The van der Waals surface area contributed by atoms with Gasteiger partial charge in [0, 0.05) is 25.0 Å². The molecule has 0 spiro atoms. The number of halogens is 2. The minimum absolute atomic E-state index is 0.0587. The molecule has 4 heterocycles. The van der Waals surface area contributed by atoms with Gasteiger partial charge in [0.05, 0.1) is 22.2 Å². The second-order valence-electron chi connectivity index (χ2n) is 6.64. The van der Waals surface area contributed by atoms with E-state index in [1.54, 1.807) is 17.2 Å². The van der Waals surface area contributed by atoms with Gasteiger partial charge in [-0.05, 0) is 38.0 Å². The van der Waals surface area contributed by atoms with E-state index in [-0.39, 0.29) is 17.9 Å². The van der Waals surface area contributed by atoms with Crippen LogP contribution in [0.2, 0.25) is 5.02 Å². The van der Waals surface area contributed by atoms with Crippen LogP contribution in [0.3, 0.4) is 0 Å². The Morgan fingerprint density at radius 1 is 1.41 bits per heavy atom. The van der Waals surface area contributed by atoms with Crippen molar-refractivity contribution in [3.63, 3.8) is 0 Å². The summed E-state index contributed by atoms with van der Waals surface area (Å²) in [5.74, 6) is 0.0496. The fourth-order valence-electron chi connectivity index (χ4n) is 3.27. The smallest absolute Gasteiger partial charge is 0.255 e. The highest BCUT2D eigenvalue weighted by molar-refractivity contribution is 6.30. The number of amides is 1. The highest BCUT2D eigenvalue weighted by atomic mass is 35.5. The van der Waals surface area contributed by atoms with Gasteiger partial charge in [-0.2, -0.15) is 9.37 Å². The van der Waals surface area contributed by atoms with Gasteiger partial charge in [0.15, 0.2) is 0 Å². The maximum atomic E-state index is 13.0. The Labute approximate surface area is 159 Å². The summed E-state index contributed by atoms with van der Waals surface area (Å²) in [5.41, 5.74) is 1.03. The van der Waals surface area contributed by atoms with Crippen LogP contribution in [0.5, 0.6) is 0 Å². The second kappa shape index (κ2) is 7.11. The van der Waals surface area contributed by atoms with Crippen LogP contribution in [0.1, 0.15) is 41.9 Å². The molecule has 1 N–H and O–H groups in total. The van der Waals surface area contributed by atoms with Crippen LogP contribution >= 0.6 is 11.6 Å². The predicted molar refractivity (Wildman–Crippen MR) is 95.8 cm³/mol. The number of piperidine rings is 1. The molecule has 1 aliphatic heterocycles. The van der Waals surface area contributed by atoms with Crippen LogP contribution in [0.15, 0.2) is 35.1 Å². The number of hydrogen-bond acceptors (Lipinski definition) is 5. The van der Waals surface area contributed by atoms with Crippen LogP contribution in [-0.4, -0.2) is 43.5 Å². The molecule has 1 aliphatic rings. The summed E-state index contributed by atoms with van der Waals surface area (Å²) < 4.78 is 18.5. The SMILES string of the molecule is CC1CCC(c2nc(-c3cc(Cl)c[nH]3)no2)CN1C(=O)c1ccc(F)nc1. The highest BCUT2D eigenvalue weighted by Crippen LogP contribution is 2.31. The van der Waals surface area contributed by atoms with E-state index in [2.05, 4.69) is 20.1 Å². The first-order valence-corrected chi connectivity index (χ1v) is 8.99. The summed E-state index contributed by atoms with van der Waals surface area (Å²) in [6, 6.07) is 4.41. The number of aromatic nitrogens is 4. The molecule has 2 atom stereocenters. The van der Waals surface area contributed by atoms with Gasteiger partial charge in [-0.25, -0.2) is 4.98 Å². The molecule has 1 saturated heterocycles. The molecule has 0 saturated carbocycles. The van der Waals surface area contributed by atoms with Crippen LogP contribution in [0, 0.1) is 5.95 Å². The van der Waals surface area contributed by atoms with Crippen LogP contribution in [-0.2, 0) is 0 Å². The van der Waals surface area contributed by atoms with Crippen molar-refractivity contribution >= 4 is 17.5 Å². The lowest BCUT2D eigenvalue weighted by atomic mass is 9.92. The van der Waals surface area contributed by atoms with E-state index in [0.29, 0.717) is 34.5 Å². The molecule has 0 aliphatic carbocycles. The van der Waals surface area contributed by atoms with Crippen LogP contribution in [0.4, 0.5) is 4.39 Å². The Morgan fingerprint density at radius 2 is 2.26 bits per heavy atom. The van der Waals surface area contributed by atoms with Crippen molar-refractivity contribution in [1.29, 1.82) is 0 Å². The Morgan fingerprint density at radius 3 is 2.96 bits per heavy atom. The third kappa shape index (κ3) is 3.57. The number of nitrogens with one attached hydrogen (secondary N) is 1. The van der Waals surface area contributed by atoms with Crippen molar-refractivity contribution in [3.8, 4) is 11.5 Å². The summed E-state index contributed by atoms with van der Waals surface area (Å²) in [7, 11) is 0. The normalized spacial score (nSPS) is 20.0. The van der Waals surface area contributed by atoms with Crippen LogP contribution in [0.25, 0.3) is 11.5 Å². The highest BCUT2D eigenvalue weighted by Gasteiger charge is 2.33. The zero-order valence-electron chi connectivity index (χ0n) is 14.5. The molecule has 0 aromatic carbocycles. The molecular formula is C18H17ClFN5O2. The Bertz CT molecular complexity index is 955. The first kappa shape index (κ1) is 17.7. The van der Waals surface area contributed by atoms with Gasteiger partial charge in [0.2, 0.25) is 17.7 Å². The van der Waals surface area contributed by atoms with Gasteiger partial charge in [-0.3, -0.25) is 4.79 Å². The van der Waals surface area contributed by atoms with Crippen molar-refractivity contribution in [3.05, 3.63) is 53.0 Å². The topological polar surface area (TPSA) is 87.9 Å². The number of hydrogen-bond donors (Lipinski definition) is 1. The molecule has 9 heteroatoms.